The lowest BCUT2D eigenvalue weighted by Crippen LogP contribution is -2.40. The second-order valence-electron chi connectivity index (χ2n) is 8.61. The molecule has 0 N–H and O–H groups in total. The van der Waals surface area contributed by atoms with Crippen LogP contribution in [0.1, 0.15) is 18.1 Å². The first kappa shape index (κ1) is 20.8. The van der Waals surface area contributed by atoms with E-state index >= 15 is 0 Å². The van der Waals surface area contributed by atoms with Crippen molar-refractivity contribution in [3.05, 3.63) is 85.0 Å². The van der Waals surface area contributed by atoms with Crippen molar-refractivity contribution in [2.24, 2.45) is 13.0 Å². The predicted octanol–water partition coefficient (Wildman–Crippen LogP) is 3.80. The quantitative estimate of drug-likeness (QED) is 0.435. The first-order valence-corrected chi connectivity index (χ1v) is 11.4. The van der Waals surface area contributed by atoms with Gasteiger partial charge in [-0.2, -0.15) is 4.98 Å². The lowest BCUT2D eigenvalue weighted by Gasteiger charge is -2.33. The van der Waals surface area contributed by atoms with Gasteiger partial charge in [-0.05, 0) is 48.2 Å². The molecular weight excluding hydrogens is 470 g/mol. The van der Waals surface area contributed by atoms with Crippen LogP contribution in [-0.4, -0.2) is 25.2 Å². The third-order valence-corrected chi connectivity index (χ3v) is 6.54. The molecule has 32 heavy (non-hydrogen) atoms. The van der Waals surface area contributed by atoms with Gasteiger partial charge >= 0.3 is 5.69 Å². The van der Waals surface area contributed by atoms with Crippen molar-refractivity contribution in [3.63, 3.8) is 0 Å². The van der Waals surface area contributed by atoms with Crippen LogP contribution < -0.4 is 16.1 Å². The maximum absolute atomic E-state index is 13.6. The summed E-state index contributed by atoms with van der Waals surface area (Å²) in [6.07, 6.45) is 0. The van der Waals surface area contributed by atoms with Crippen LogP contribution in [0.15, 0.2) is 62.6 Å². The summed E-state index contributed by atoms with van der Waals surface area (Å²) in [7, 11) is 1.68. The summed E-state index contributed by atoms with van der Waals surface area (Å²) in [5, 5.41) is 0. The summed E-state index contributed by atoms with van der Waals surface area (Å²) in [6, 6.07) is 15.9. The number of benzene rings is 2. The third-order valence-electron chi connectivity index (χ3n) is 6.01. The van der Waals surface area contributed by atoms with Crippen LogP contribution in [0.2, 0.25) is 0 Å². The molecule has 0 amide bonds. The molecule has 0 aliphatic carbocycles. The topological polar surface area (TPSA) is 65.1 Å². The molecule has 0 unspecified atom stereocenters. The van der Waals surface area contributed by atoms with Crippen LogP contribution in [0.4, 0.5) is 11.6 Å². The molecule has 0 fully saturated rings. The molecule has 164 valence electrons. The molecule has 2 aromatic heterocycles. The van der Waals surface area contributed by atoms with E-state index in [1.807, 2.05) is 34.9 Å². The molecule has 7 nitrogen and oxygen atoms in total. The second-order valence-corrected chi connectivity index (χ2v) is 9.52. The Morgan fingerprint density at radius 3 is 2.56 bits per heavy atom. The zero-order chi connectivity index (χ0) is 22.6. The predicted molar refractivity (Wildman–Crippen MR) is 130 cm³/mol. The lowest BCUT2D eigenvalue weighted by molar-refractivity contribution is 0.458. The number of nitrogens with zero attached hydrogens (tertiary/aromatic N) is 5. The maximum atomic E-state index is 13.6. The Bertz CT molecular complexity index is 1450. The summed E-state index contributed by atoms with van der Waals surface area (Å²) in [6.45, 7) is 5.92. The van der Waals surface area contributed by atoms with Gasteiger partial charge in [-0.1, -0.05) is 47.1 Å². The van der Waals surface area contributed by atoms with Crippen LogP contribution in [0.5, 0.6) is 0 Å². The van der Waals surface area contributed by atoms with E-state index in [1.165, 1.54) is 9.13 Å². The van der Waals surface area contributed by atoms with Crippen molar-refractivity contribution in [2.75, 3.05) is 11.4 Å². The number of imidazole rings is 1. The average molecular weight is 494 g/mol. The van der Waals surface area contributed by atoms with Crippen molar-refractivity contribution in [2.45, 2.75) is 26.9 Å². The Hall–Kier alpha value is -3.13. The van der Waals surface area contributed by atoms with Crippen LogP contribution in [0.25, 0.3) is 11.2 Å². The Balaban J connectivity index is 1.72. The average Bonchev–Trinajstić information content (AvgIpc) is 3.15. The molecule has 1 aliphatic heterocycles. The molecule has 0 saturated carbocycles. The fourth-order valence-corrected chi connectivity index (χ4v) is 4.69. The molecule has 5 rings (SSSR count). The van der Waals surface area contributed by atoms with Crippen molar-refractivity contribution >= 4 is 38.7 Å². The number of rotatable bonds is 3. The van der Waals surface area contributed by atoms with Gasteiger partial charge in [-0.15, -0.1) is 0 Å². The number of aryl methyl sites for hydroxylation is 2. The van der Waals surface area contributed by atoms with E-state index in [1.54, 1.807) is 7.05 Å². The van der Waals surface area contributed by atoms with E-state index in [-0.39, 0.29) is 17.8 Å². The van der Waals surface area contributed by atoms with E-state index in [9.17, 15) is 9.59 Å². The highest BCUT2D eigenvalue weighted by Gasteiger charge is 2.29. The standard InChI is InChI=1S/C24H24BrN5O2/c1-15-5-4-6-19(11-15)28-12-16(2)13-29-20-21(26-23(28)29)27(3)24(32)30(22(20)31)14-17-7-9-18(25)10-8-17/h4-11,16H,12-14H2,1-3H3/t16-/m1/s1. The number of aromatic nitrogens is 4. The van der Waals surface area contributed by atoms with Gasteiger partial charge in [0, 0.05) is 30.3 Å². The summed E-state index contributed by atoms with van der Waals surface area (Å²) in [5.41, 5.74) is 3.32. The van der Waals surface area contributed by atoms with Crippen molar-refractivity contribution < 1.29 is 0 Å². The van der Waals surface area contributed by atoms with Gasteiger partial charge in [0.1, 0.15) is 0 Å². The first-order valence-electron chi connectivity index (χ1n) is 10.6. The van der Waals surface area contributed by atoms with Crippen LogP contribution in [-0.2, 0) is 20.1 Å². The molecule has 1 atom stereocenters. The van der Waals surface area contributed by atoms with E-state index in [0.717, 1.165) is 27.8 Å². The summed E-state index contributed by atoms with van der Waals surface area (Å²) in [5.74, 6) is 1.02. The highest BCUT2D eigenvalue weighted by atomic mass is 79.9. The van der Waals surface area contributed by atoms with Gasteiger partial charge in [0.2, 0.25) is 5.95 Å². The van der Waals surface area contributed by atoms with Crippen molar-refractivity contribution in [3.8, 4) is 0 Å². The smallest absolute Gasteiger partial charge is 0.312 e. The van der Waals surface area contributed by atoms with Crippen LogP contribution in [0.3, 0.4) is 0 Å². The fourth-order valence-electron chi connectivity index (χ4n) is 4.43. The summed E-state index contributed by atoms with van der Waals surface area (Å²) in [4.78, 5) is 33.6. The number of hydrogen-bond donors (Lipinski definition) is 0. The summed E-state index contributed by atoms with van der Waals surface area (Å²) >= 11 is 3.42. The van der Waals surface area contributed by atoms with Crippen molar-refractivity contribution in [1.29, 1.82) is 0 Å². The first-order chi connectivity index (χ1) is 15.3. The van der Waals surface area contributed by atoms with Gasteiger partial charge in [0.05, 0.1) is 6.54 Å². The monoisotopic (exact) mass is 493 g/mol. The molecule has 0 saturated heterocycles. The minimum atomic E-state index is -0.365. The van der Waals surface area contributed by atoms with Crippen molar-refractivity contribution in [1.82, 2.24) is 18.7 Å². The number of hydrogen-bond acceptors (Lipinski definition) is 4. The molecule has 3 heterocycles. The minimum Gasteiger partial charge on any atom is -0.312 e. The van der Waals surface area contributed by atoms with Gasteiger partial charge in [0.15, 0.2) is 11.2 Å². The molecule has 1 aliphatic rings. The number of anilines is 2. The normalized spacial score (nSPS) is 15.9. The maximum Gasteiger partial charge on any atom is 0.332 e. The van der Waals surface area contributed by atoms with Gasteiger partial charge < -0.3 is 9.47 Å². The molecule has 0 radical (unpaired) electrons. The highest BCUT2D eigenvalue weighted by molar-refractivity contribution is 9.10. The van der Waals surface area contributed by atoms with Gasteiger partial charge in [-0.3, -0.25) is 13.9 Å². The molecule has 4 aromatic rings. The molecule has 2 aromatic carbocycles. The Labute approximate surface area is 193 Å². The number of fused-ring (bicyclic) bond motifs is 3. The Morgan fingerprint density at radius 1 is 1.09 bits per heavy atom. The minimum absolute atomic E-state index is 0.215. The molecular formula is C24H24BrN5O2. The van der Waals surface area contributed by atoms with Gasteiger partial charge in [-0.25, -0.2) is 4.79 Å². The van der Waals surface area contributed by atoms with E-state index in [0.29, 0.717) is 29.6 Å². The summed E-state index contributed by atoms with van der Waals surface area (Å²) < 4.78 is 5.72. The van der Waals surface area contributed by atoms with E-state index < -0.39 is 0 Å². The zero-order valence-electron chi connectivity index (χ0n) is 18.2. The second kappa shape index (κ2) is 7.78. The zero-order valence-corrected chi connectivity index (χ0v) is 19.8. The SMILES string of the molecule is Cc1cccc(N2C[C@@H](C)Cn3c2nc2c3c(=O)n(Cc3ccc(Br)cc3)c(=O)n2C)c1. The van der Waals surface area contributed by atoms with Crippen LogP contribution in [0, 0.1) is 12.8 Å². The molecule has 0 spiro atoms. The van der Waals surface area contributed by atoms with Gasteiger partial charge in [0.25, 0.3) is 5.56 Å². The fraction of sp³-hybridized carbons (Fsp3) is 0.292. The molecule has 8 heteroatoms. The Morgan fingerprint density at radius 2 is 1.84 bits per heavy atom. The Kier molecular flexibility index (Phi) is 5.04. The molecule has 0 bridgehead atoms. The lowest BCUT2D eigenvalue weighted by atomic mass is 10.1. The van der Waals surface area contributed by atoms with E-state index in [2.05, 4.69) is 52.9 Å². The largest absolute Gasteiger partial charge is 0.332 e. The van der Waals surface area contributed by atoms with E-state index in [4.69, 9.17) is 4.98 Å². The number of halogens is 1. The van der Waals surface area contributed by atoms with Crippen LogP contribution >= 0.6 is 15.9 Å². The third kappa shape index (κ3) is 3.39. The highest BCUT2D eigenvalue weighted by Crippen LogP contribution is 2.33.